The van der Waals surface area contributed by atoms with E-state index in [1.807, 2.05) is 30.8 Å². The fraction of sp³-hybridized carbons (Fsp3) is 0.357. The molecule has 102 valence electrons. The SMILES string of the molecule is CNCc1nc(-c2cc(C)ccc2OC)n(C)c1Br. The Bertz CT molecular complexity index is 593. The smallest absolute Gasteiger partial charge is 0.144 e. The molecule has 2 aromatic rings. The first-order chi connectivity index (χ1) is 9.08. The van der Waals surface area contributed by atoms with Crippen LogP contribution in [-0.4, -0.2) is 23.7 Å². The highest BCUT2D eigenvalue weighted by Crippen LogP contribution is 2.32. The molecule has 0 saturated heterocycles. The normalized spacial score (nSPS) is 10.8. The minimum Gasteiger partial charge on any atom is -0.496 e. The van der Waals surface area contributed by atoms with E-state index in [-0.39, 0.29) is 0 Å². The molecule has 0 radical (unpaired) electrons. The zero-order chi connectivity index (χ0) is 14.0. The zero-order valence-electron chi connectivity index (χ0n) is 11.6. The summed E-state index contributed by atoms with van der Waals surface area (Å²) in [6, 6.07) is 6.11. The van der Waals surface area contributed by atoms with Crippen LogP contribution in [0.5, 0.6) is 5.75 Å². The molecular weight excluding hydrogens is 306 g/mol. The van der Waals surface area contributed by atoms with Gasteiger partial charge in [-0.2, -0.15) is 0 Å². The number of ether oxygens (including phenoxy) is 1. The van der Waals surface area contributed by atoms with Crippen LogP contribution in [0.15, 0.2) is 22.8 Å². The van der Waals surface area contributed by atoms with Gasteiger partial charge in [0.05, 0.1) is 18.4 Å². The van der Waals surface area contributed by atoms with E-state index in [1.54, 1.807) is 7.11 Å². The van der Waals surface area contributed by atoms with Crippen LogP contribution >= 0.6 is 15.9 Å². The predicted molar refractivity (Wildman–Crippen MR) is 80.4 cm³/mol. The first-order valence-corrected chi connectivity index (χ1v) is 6.88. The lowest BCUT2D eigenvalue weighted by atomic mass is 10.1. The van der Waals surface area contributed by atoms with Crippen molar-refractivity contribution in [1.29, 1.82) is 0 Å². The van der Waals surface area contributed by atoms with Gasteiger partial charge < -0.3 is 14.6 Å². The summed E-state index contributed by atoms with van der Waals surface area (Å²) in [5.41, 5.74) is 3.18. The molecule has 1 aromatic carbocycles. The molecule has 1 N–H and O–H groups in total. The molecule has 0 saturated carbocycles. The Kier molecular flexibility index (Phi) is 4.27. The van der Waals surface area contributed by atoms with Crippen LogP contribution in [0.1, 0.15) is 11.3 Å². The molecule has 1 aromatic heterocycles. The van der Waals surface area contributed by atoms with Gasteiger partial charge in [-0.15, -0.1) is 0 Å². The standard InChI is InChI=1S/C14H18BrN3O/c1-9-5-6-12(19-4)10(7-9)14-17-11(8-16-2)13(15)18(14)3/h5-7,16H,8H2,1-4H3. The van der Waals surface area contributed by atoms with Crippen molar-refractivity contribution < 1.29 is 4.74 Å². The van der Waals surface area contributed by atoms with Crippen molar-refractivity contribution in [2.45, 2.75) is 13.5 Å². The molecule has 1 heterocycles. The van der Waals surface area contributed by atoms with Crippen LogP contribution in [0.3, 0.4) is 0 Å². The highest BCUT2D eigenvalue weighted by molar-refractivity contribution is 9.10. The molecule has 0 spiro atoms. The largest absolute Gasteiger partial charge is 0.496 e. The average Bonchev–Trinajstić information content (AvgIpc) is 2.67. The number of aromatic nitrogens is 2. The Morgan fingerprint density at radius 2 is 2.16 bits per heavy atom. The summed E-state index contributed by atoms with van der Waals surface area (Å²) in [7, 11) is 5.59. The van der Waals surface area contributed by atoms with Crippen molar-refractivity contribution in [2.75, 3.05) is 14.2 Å². The maximum Gasteiger partial charge on any atom is 0.144 e. The average molecular weight is 324 g/mol. The Morgan fingerprint density at radius 3 is 2.79 bits per heavy atom. The Hall–Kier alpha value is -1.33. The van der Waals surface area contributed by atoms with E-state index in [9.17, 15) is 0 Å². The van der Waals surface area contributed by atoms with E-state index in [0.29, 0.717) is 0 Å². The van der Waals surface area contributed by atoms with Crippen molar-refractivity contribution in [2.24, 2.45) is 7.05 Å². The fourth-order valence-electron chi connectivity index (χ4n) is 2.05. The van der Waals surface area contributed by atoms with Gasteiger partial charge in [0.15, 0.2) is 0 Å². The van der Waals surface area contributed by atoms with Crippen molar-refractivity contribution >= 4 is 15.9 Å². The fourth-order valence-corrected chi connectivity index (χ4v) is 2.45. The number of benzene rings is 1. The monoisotopic (exact) mass is 323 g/mol. The number of imidazole rings is 1. The lowest BCUT2D eigenvalue weighted by Crippen LogP contribution is -2.05. The second kappa shape index (κ2) is 5.75. The Labute approximate surface area is 121 Å². The van der Waals surface area contributed by atoms with Gasteiger partial charge in [0.25, 0.3) is 0 Å². The van der Waals surface area contributed by atoms with E-state index in [4.69, 9.17) is 9.72 Å². The zero-order valence-corrected chi connectivity index (χ0v) is 13.2. The van der Waals surface area contributed by atoms with Crippen LogP contribution < -0.4 is 10.1 Å². The third kappa shape index (κ3) is 2.67. The Morgan fingerprint density at radius 1 is 1.42 bits per heavy atom. The molecule has 0 aliphatic rings. The molecule has 5 heteroatoms. The van der Waals surface area contributed by atoms with Gasteiger partial charge in [-0.3, -0.25) is 0 Å². The van der Waals surface area contributed by atoms with E-state index in [1.165, 1.54) is 5.56 Å². The lowest BCUT2D eigenvalue weighted by Gasteiger charge is -2.09. The number of aryl methyl sites for hydroxylation is 1. The molecule has 0 amide bonds. The molecule has 4 nitrogen and oxygen atoms in total. The van der Waals surface area contributed by atoms with E-state index < -0.39 is 0 Å². The summed E-state index contributed by atoms with van der Waals surface area (Å²) in [5, 5.41) is 3.12. The maximum absolute atomic E-state index is 5.43. The first kappa shape index (κ1) is 14.1. The predicted octanol–water partition coefficient (Wildman–Crippen LogP) is 2.89. The van der Waals surface area contributed by atoms with Gasteiger partial charge in [0.1, 0.15) is 16.2 Å². The molecule has 0 atom stereocenters. The quantitative estimate of drug-likeness (QED) is 0.940. The number of nitrogens with zero attached hydrogens (tertiary/aromatic N) is 2. The van der Waals surface area contributed by atoms with E-state index in [2.05, 4.69) is 34.2 Å². The van der Waals surface area contributed by atoms with Crippen molar-refractivity contribution in [1.82, 2.24) is 14.9 Å². The van der Waals surface area contributed by atoms with Crippen LogP contribution in [-0.2, 0) is 13.6 Å². The minimum atomic E-state index is 0.725. The summed E-state index contributed by atoms with van der Waals surface area (Å²) < 4.78 is 8.45. The molecular formula is C14H18BrN3O. The minimum absolute atomic E-state index is 0.725. The second-order valence-electron chi connectivity index (χ2n) is 4.47. The van der Waals surface area contributed by atoms with Crippen molar-refractivity contribution in [3.05, 3.63) is 34.1 Å². The number of methoxy groups -OCH3 is 1. The number of hydrogen-bond donors (Lipinski definition) is 1. The number of hydrogen-bond acceptors (Lipinski definition) is 3. The summed E-state index contributed by atoms with van der Waals surface area (Å²) in [6.07, 6.45) is 0. The van der Waals surface area contributed by atoms with Gasteiger partial charge in [-0.05, 0) is 42.0 Å². The molecule has 0 aliphatic carbocycles. The molecule has 0 unspecified atom stereocenters. The van der Waals surface area contributed by atoms with Crippen molar-refractivity contribution in [3.8, 4) is 17.1 Å². The Balaban J connectivity index is 2.58. The van der Waals surface area contributed by atoms with E-state index >= 15 is 0 Å². The van der Waals surface area contributed by atoms with Gasteiger partial charge >= 0.3 is 0 Å². The van der Waals surface area contributed by atoms with Crippen LogP contribution in [0.4, 0.5) is 0 Å². The van der Waals surface area contributed by atoms with E-state index in [0.717, 1.165) is 34.0 Å². The van der Waals surface area contributed by atoms with Crippen LogP contribution in [0.25, 0.3) is 11.4 Å². The summed E-state index contributed by atoms with van der Waals surface area (Å²) in [6.45, 7) is 2.79. The lowest BCUT2D eigenvalue weighted by molar-refractivity contribution is 0.416. The molecule has 0 aliphatic heterocycles. The molecule has 19 heavy (non-hydrogen) atoms. The second-order valence-corrected chi connectivity index (χ2v) is 5.22. The topological polar surface area (TPSA) is 39.1 Å². The first-order valence-electron chi connectivity index (χ1n) is 6.09. The van der Waals surface area contributed by atoms with Gasteiger partial charge in [0.2, 0.25) is 0 Å². The maximum atomic E-state index is 5.43. The van der Waals surface area contributed by atoms with Crippen LogP contribution in [0, 0.1) is 6.92 Å². The van der Waals surface area contributed by atoms with Gasteiger partial charge in [0, 0.05) is 13.6 Å². The highest BCUT2D eigenvalue weighted by Gasteiger charge is 2.16. The van der Waals surface area contributed by atoms with Crippen LogP contribution in [0.2, 0.25) is 0 Å². The van der Waals surface area contributed by atoms with Gasteiger partial charge in [-0.25, -0.2) is 4.98 Å². The highest BCUT2D eigenvalue weighted by atomic mass is 79.9. The van der Waals surface area contributed by atoms with Crippen molar-refractivity contribution in [3.63, 3.8) is 0 Å². The number of rotatable bonds is 4. The summed E-state index contributed by atoms with van der Waals surface area (Å²) in [5.74, 6) is 1.74. The number of halogens is 1. The third-order valence-electron chi connectivity index (χ3n) is 3.03. The number of nitrogens with one attached hydrogen (secondary N) is 1. The molecule has 0 fully saturated rings. The summed E-state index contributed by atoms with van der Waals surface area (Å²) >= 11 is 3.58. The molecule has 2 rings (SSSR count). The van der Waals surface area contributed by atoms with Gasteiger partial charge in [-0.1, -0.05) is 11.6 Å². The summed E-state index contributed by atoms with van der Waals surface area (Å²) in [4.78, 5) is 4.69. The molecule has 0 bridgehead atoms. The third-order valence-corrected chi connectivity index (χ3v) is 4.02.